The number of methoxy groups -OCH3 is 1. The monoisotopic (exact) mass is 429 g/mol. The number of nitrogens with one attached hydrogen (secondary N) is 2. The van der Waals surface area contributed by atoms with Crippen molar-refractivity contribution in [1.29, 1.82) is 0 Å². The Morgan fingerprint density at radius 2 is 1.78 bits per heavy atom. The first-order valence-corrected chi connectivity index (χ1v) is 10.7. The van der Waals surface area contributed by atoms with Gasteiger partial charge in [-0.05, 0) is 61.2 Å². The summed E-state index contributed by atoms with van der Waals surface area (Å²) in [7, 11) is 3.50. The number of amides is 2. The van der Waals surface area contributed by atoms with Gasteiger partial charge in [-0.3, -0.25) is 9.59 Å². The Hall–Kier alpha value is -3.80. The lowest BCUT2D eigenvalue weighted by molar-refractivity contribution is 0.0984. The summed E-state index contributed by atoms with van der Waals surface area (Å²) < 4.78 is 5.44. The molecule has 1 heterocycles. The van der Waals surface area contributed by atoms with E-state index >= 15 is 0 Å². The van der Waals surface area contributed by atoms with Crippen LogP contribution >= 0.6 is 0 Å². The first kappa shape index (κ1) is 21.4. The predicted octanol–water partition coefficient (Wildman–Crippen LogP) is 4.89. The van der Waals surface area contributed by atoms with E-state index in [1.54, 1.807) is 37.4 Å². The van der Waals surface area contributed by atoms with Gasteiger partial charge >= 0.3 is 0 Å². The summed E-state index contributed by atoms with van der Waals surface area (Å²) in [6.07, 6.45) is 1.80. The molecule has 0 atom stereocenters. The number of carbonyl (C=O) groups excluding carboxylic acids is 2. The van der Waals surface area contributed by atoms with Crippen molar-refractivity contribution in [2.45, 2.75) is 19.8 Å². The fraction of sp³-hybridized carbons (Fsp3) is 0.231. The lowest BCUT2D eigenvalue weighted by atomic mass is 9.98. The SMILES string of the molecule is CNc1cc(OC)cc2c1CCCN2C(=O)c1ccc(NC(=O)c2ccccc2C)cc1. The average molecular weight is 430 g/mol. The molecule has 0 spiro atoms. The number of hydrogen-bond acceptors (Lipinski definition) is 4. The first-order chi connectivity index (χ1) is 15.5. The van der Waals surface area contributed by atoms with Gasteiger partial charge in [0.1, 0.15) is 5.75 Å². The molecule has 164 valence electrons. The number of aryl methyl sites for hydroxylation is 1. The number of nitrogens with zero attached hydrogens (tertiary/aromatic N) is 1. The summed E-state index contributed by atoms with van der Waals surface area (Å²) in [6, 6.07) is 18.4. The molecule has 0 unspecified atom stereocenters. The highest BCUT2D eigenvalue weighted by atomic mass is 16.5. The summed E-state index contributed by atoms with van der Waals surface area (Å²) in [4.78, 5) is 27.7. The van der Waals surface area contributed by atoms with Crippen LogP contribution < -0.4 is 20.3 Å². The van der Waals surface area contributed by atoms with E-state index in [-0.39, 0.29) is 11.8 Å². The lowest BCUT2D eigenvalue weighted by Crippen LogP contribution is -2.35. The van der Waals surface area contributed by atoms with Gasteiger partial charge in [0, 0.05) is 48.2 Å². The number of carbonyl (C=O) groups is 2. The maximum absolute atomic E-state index is 13.3. The van der Waals surface area contributed by atoms with Gasteiger partial charge in [0.05, 0.1) is 12.8 Å². The summed E-state index contributed by atoms with van der Waals surface area (Å²) in [5.74, 6) is 0.471. The maximum Gasteiger partial charge on any atom is 0.258 e. The predicted molar refractivity (Wildman–Crippen MR) is 128 cm³/mol. The van der Waals surface area contributed by atoms with Gasteiger partial charge in [0.15, 0.2) is 0 Å². The van der Waals surface area contributed by atoms with Crippen LogP contribution in [0.15, 0.2) is 60.7 Å². The highest BCUT2D eigenvalue weighted by Gasteiger charge is 2.26. The van der Waals surface area contributed by atoms with Crippen LogP contribution in [0.1, 0.15) is 38.3 Å². The number of benzene rings is 3. The molecule has 3 aromatic carbocycles. The van der Waals surface area contributed by atoms with Gasteiger partial charge in [0.25, 0.3) is 11.8 Å². The second-order valence-corrected chi connectivity index (χ2v) is 7.83. The van der Waals surface area contributed by atoms with E-state index in [2.05, 4.69) is 10.6 Å². The summed E-state index contributed by atoms with van der Waals surface area (Å²) in [6.45, 7) is 2.55. The number of fused-ring (bicyclic) bond motifs is 1. The van der Waals surface area contributed by atoms with Gasteiger partial charge < -0.3 is 20.3 Å². The zero-order chi connectivity index (χ0) is 22.7. The topological polar surface area (TPSA) is 70.7 Å². The van der Waals surface area contributed by atoms with Crippen LogP contribution in [-0.4, -0.2) is 32.5 Å². The molecule has 0 saturated carbocycles. The molecule has 6 nitrogen and oxygen atoms in total. The molecule has 0 aliphatic carbocycles. The van der Waals surface area contributed by atoms with Crippen LogP contribution in [0.3, 0.4) is 0 Å². The minimum atomic E-state index is -0.168. The van der Waals surface area contributed by atoms with Gasteiger partial charge in [0.2, 0.25) is 0 Å². The number of rotatable bonds is 5. The molecule has 0 bridgehead atoms. The third-order valence-electron chi connectivity index (χ3n) is 5.83. The Morgan fingerprint density at radius 3 is 2.47 bits per heavy atom. The molecule has 1 aliphatic heterocycles. The van der Waals surface area contributed by atoms with Crippen molar-refractivity contribution in [3.8, 4) is 5.75 Å². The Bertz CT molecular complexity index is 1160. The third kappa shape index (κ3) is 4.17. The van der Waals surface area contributed by atoms with Crippen molar-refractivity contribution in [1.82, 2.24) is 0 Å². The lowest BCUT2D eigenvalue weighted by Gasteiger charge is -2.31. The van der Waals surface area contributed by atoms with Crippen LogP contribution in [0, 0.1) is 6.92 Å². The standard InChI is InChI=1S/C26H27N3O3/c1-17-7-4-5-8-21(17)25(30)28-19-12-10-18(11-13-19)26(31)29-14-6-9-22-23(27-2)15-20(32-3)16-24(22)29/h4-5,7-8,10-13,15-16,27H,6,9,14H2,1-3H3,(H,28,30). The molecule has 0 saturated heterocycles. The molecule has 0 radical (unpaired) electrons. The maximum atomic E-state index is 13.3. The van der Waals surface area contributed by atoms with Gasteiger partial charge in [-0.1, -0.05) is 18.2 Å². The Labute approximate surface area is 188 Å². The van der Waals surface area contributed by atoms with Crippen molar-refractivity contribution in [3.63, 3.8) is 0 Å². The normalized spacial score (nSPS) is 12.7. The third-order valence-corrected chi connectivity index (χ3v) is 5.83. The number of anilines is 3. The fourth-order valence-corrected chi connectivity index (χ4v) is 4.10. The van der Waals surface area contributed by atoms with Gasteiger partial charge in [-0.2, -0.15) is 0 Å². The van der Waals surface area contributed by atoms with Crippen molar-refractivity contribution in [2.75, 3.05) is 36.2 Å². The molecule has 32 heavy (non-hydrogen) atoms. The highest BCUT2D eigenvalue weighted by molar-refractivity contribution is 6.08. The van der Waals surface area contributed by atoms with Crippen LogP contribution in [0.25, 0.3) is 0 Å². The molecule has 0 aromatic heterocycles. The molecule has 3 aromatic rings. The minimum absolute atomic E-state index is 0.0713. The zero-order valence-corrected chi connectivity index (χ0v) is 18.6. The van der Waals surface area contributed by atoms with E-state index in [0.717, 1.165) is 35.3 Å². The van der Waals surface area contributed by atoms with Crippen molar-refractivity contribution < 1.29 is 14.3 Å². The van der Waals surface area contributed by atoms with Crippen LogP contribution in [0.5, 0.6) is 5.75 Å². The minimum Gasteiger partial charge on any atom is -0.497 e. The van der Waals surface area contributed by atoms with Gasteiger partial charge in [-0.25, -0.2) is 0 Å². The van der Waals surface area contributed by atoms with Crippen molar-refractivity contribution in [2.24, 2.45) is 0 Å². The Morgan fingerprint density at radius 1 is 1.03 bits per heavy atom. The largest absolute Gasteiger partial charge is 0.497 e. The van der Waals surface area contributed by atoms with E-state index < -0.39 is 0 Å². The smallest absolute Gasteiger partial charge is 0.258 e. The van der Waals surface area contributed by atoms with Crippen molar-refractivity contribution >= 4 is 28.9 Å². The molecule has 6 heteroatoms. The molecule has 0 fully saturated rings. The summed E-state index contributed by atoms with van der Waals surface area (Å²) in [5, 5.41) is 6.12. The van der Waals surface area contributed by atoms with E-state index in [0.29, 0.717) is 29.1 Å². The van der Waals surface area contributed by atoms with Crippen LogP contribution in [0.2, 0.25) is 0 Å². The Kier molecular flexibility index (Phi) is 6.12. The molecule has 2 N–H and O–H groups in total. The van der Waals surface area contributed by atoms with Crippen LogP contribution in [0.4, 0.5) is 17.1 Å². The van der Waals surface area contributed by atoms with E-state index in [9.17, 15) is 9.59 Å². The molecular formula is C26H27N3O3. The number of hydrogen-bond donors (Lipinski definition) is 2. The van der Waals surface area contributed by atoms with E-state index in [4.69, 9.17) is 4.74 Å². The van der Waals surface area contributed by atoms with Crippen LogP contribution in [-0.2, 0) is 6.42 Å². The number of ether oxygens (including phenoxy) is 1. The zero-order valence-electron chi connectivity index (χ0n) is 18.6. The first-order valence-electron chi connectivity index (χ1n) is 10.7. The fourth-order valence-electron chi connectivity index (χ4n) is 4.10. The molecule has 1 aliphatic rings. The average Bonchev–Trinajstić information content (AvgIpc) is 2.83. The molecule has 4 rings (SSSR count). The molecule has 2 amide bonds. The quantitative estimate of drug-likeness (QED) is 0.606. The molecular weight excluding hydrogens is 402 g/mol. The summed E-state index contributed by atoms with van der Waals surface area (Å²) in [5.41, 5.74) is 5.74. The van der Waals surface area contributed by atoms with E-state index in [1.165, 1.54) is 0 Å². The van der Waals surface area contributed by atoms with Crippen molar-refractivity contribution in [3.05, 3.63) is 82.9 Å². The highest BCUT2D eigenvalue weighted by Crippen LogP contribution is 2.37. The Balaban J connectivity index is 1.55. The second-order valence-electron chi connectivity index (χ2n) is 7.83. The summed E-state index contributed by atoms with van der Waals surface area (Å²) >= 11 is 0. The van der Waals surface area contributed by atoms with Gasteiger partial charge in [-0.15, -0.1) is 0 Å². The second kappa shape index (κ2) is 9.14. The van der Waals surface area contributed by atoms with E-state index in [1.807, 2.05) is 49.2 Å².